The first-order valence-corrected chi connectivity index (χ1v) is 9.71. The van der Waals surface area contributed by atoms with Gasteiger partial charge in [-0.3, -0.25) is 9.59 Å². The molecule has 0 aliphatic carbocycles. The van der Waals surface area contributed by atoms with Crippen molar-refractivity contribution in [3.05, 3.63) is 76.8 Å². The SMILES string of the molecule is COC(=O)CCc1ccc(C2=C/C(=C3\C(=O)Nc4cc(F)ccc43)OC2(C)C)cc1. The Morgan fingerprint density at radius 3 is 2.60 bits per heavy atom. The largest absolute Gasteiger partial charge is 0.482 e. The van der Waals surface area contributed by atoms with Gasteiger partial charge in [0.15, 0.2) is 0 Å². The molecule has 0 aromatic heterocycles. The molecule has 2 aromatic rings. The van der Waals surface area contributed by atoms with E-state index in [0.29, 0.717) is 35.4 Å². The molecule has 0 radical (unpaired) electrons. The fourth-order valence-electron chi connectivity index (χ4n) is 3.81. The minimum absolute atomic E-state index is 0.238. The topological polar surface area (TPSA) is 64.6 Å². The first-order valence-electron chi connectivity index (χ1n) is 9.71. The fraction of sp³-hybridized carbons (Fsp3) is 0.250. The predicted octanol–water partition coefficient (Wildman–Crippen LogP) is 4.49. The molecule has 0 spiro atoms. The molecule has 1 N–H and O–H groups in total. The smallest absolute Gasteiger partial charge is 0.305 e. The molecule has 2 aliphatic rings. The number of benzene rings is 2. The number of rotatable bonds is 4. The number of anilines is 1. The number of hydrogen-bond donors (Lipinski definition) is 1. The molecule has 30 heavy (non-hydrogen) atoms. The summed E-state index contributed by atoms with van der Waals surface area (Å²) in [5.74, 6) is -0.487. The van der Waals surface area contributed by atoms with Gasteiger partial charge in [-0.15, -0.1) is 0 Å². The normalized spacial score (nSPS) is 19.1. The monoisotopic (exact) mass is 407 g/mol. The zero-order chi connectivity index (χ0) is 21.5. The Labute approximate surface area is 174 Å². The van der Waals surface area contributed by atoms with Crippen LogP contribution in [0.25, 0.3) is 11.1 Å². The molecule has 0 fully saturated rings. The van der Waals surface area contributed by atoms with Crippen LogP contribution >= 0.6 is 0 Å². The quantitative estimate of drug-likeness (QED) is 0.599. The van der Waals surface area contributed by atoms with E-state index in [9.17, 15) is 14.0 Å². The number of ether oxygens (including phenoxy) is 2. The Balaban J connectivity index is 1.67. The highest BCUT2D eigenvalue weighted by molar-refractivity contribution is 6.32. The van der Waals surface area contributed by atoms with E-state index >= 15 is 0 Å². The summed E-state index contributed by atoms with van der Waals surface area (Å²) in [7, 11) is 1.38. The molecule has 0 unspecified atom stereocenters. The second kappa shape index (κ2) is 7.44. The number of nitrogens with one attached hydrogen (secondary N) is 1. The maximum absolute atomic E-state index is 13.5. The lowest BCUT2D eigenvalue weighted by Gasteiger charge is -2.23. The van der Waals surface area contributed by atoms with Crippen LogP contribution in [-0.2, 0) is 25.5 Å². The second-order valence-corrected chi connectivity index (χ2v) is 7.83. The van der Waals surface area contributed by atoms with Crippen LogP contribution in [0.5, 0.6) is 0 Å². The van der Waals surface area contributed by atoms with Crippen LogP contribution < -0.4 is 5.32 Å². The minimum atomic E-state index is -0.640. The van der Waals surface area contributed by atoms with Crippen LogP contribution in [0.4, 0.5) is 10.1 Å². The molecular weight excluding hydrogens is 385 g/mol. The summed E-state index contributed by atoms with van der Waals surface area (Å²) in [5.41, 5.74) is 3.78. The Bertz CT molecular complexity index is 1100. The zero-order valence-corrected chi connectivity index (χ0v) is 17.0. The molecule has 2 aliphatic heterocycles. The van der Waals surface area contributed by atoms with Gasteiger partial charge < -0.3 is 14.8 Å². The molecule has 2 aromatic carbocycles. The van der Waals surface area contributed by atoms with E-state index in [-0.39, 0.29) is 11.9 Å². The van der Waals surface area contributed by atoms with Gasteiger partial charge in [0.1, 0.15) is 17.2 Å². The molecule has 2 heterocycles. The van der Waals surface area contributed by atoms with Crippen molar-refractivity contribution < 1.29 is 23.5 Å². The highest BCUT2D eigenvalue weighted by Gasteiger charge is 2.37. The molecule has 5 nitrogen and oxygen atoms in total. The fourth-order valence-corrected chi connectivity index (χ4v) is 3.81. The zero-order valence-electron chi connectivity index (χ0n) is 17.0. The van der Waals surface area contributed by atoms with Gasteiger partial charge in [-0.25, -0.2) is 4.39 Å². The number of allylic oxidation sites excluding steroid dienone is 1. The van der Waals surface area contributed by atoms with Crippen molar-refractivity contribution in [2.24, 2.45) is 0 Å². The Morgan fingerprint density at radius 1 is 1.17 bits per heavy atom. The maximum atomic E-state index is 13.5. The van der Waals surface area contributed by atoms with E-state index in [2.05, 4.69) is 10.1 Å². The first kappa shape index (κ1) is 19.9. The number of esters is 1. The van der Waals surface area contributed by atoms with Crippen LogP contribution in [0.15, 0.2) is 54.3 Å². The summed E-state index contributed by atoms with van der Waals surface area (Å²) >= 11 is 0. The predicted molar refractivity (Wildman–Crippen MR) is 112 cm³/mol. The van der Waals surface area contributed by atoms with Crippen molar-refractivity contribution in [2.75, 3.05) is 12.4 Å². The van der Waals surface area contributed by atoms with Gasteiger partial charge in [-0.05, 0) is 55.7 Å². The third-order valence-electron chi connectivity index (χ3n) is 5.37. The summed E-state index contributed by atoms with van der Waals surface area (Å²) < 4.78 is 24.3. The van der Waals surface area contributed by atoms with Gasteiger partial charge >= 0.3 is 5.97 Å². The molecule has 1 amide bonds. The molecule has 0 saturated carbocycles. The Morgan fingerprint density at radius 2 is 1.90 bits per heavy atom. The van der Waals surface area contributed by atoms with Crippen molar-refractivity contribution in [1.82, 2.24) is 0 Å². The lowest BCUT2D eigenvalue weighted by molar-refractivity contribution is -0.140. The molecule has 0 saturated heterocycles. The van der Waals surface area contributed by atoms with Gasteiger partial charge in [0.25, 0.3) is 5.91 Å². The number of aryl methyl sites for hydroxylation is 1. The van der Waals surface area contributed by atoms with Gasteiger partial charge in [0, 0.05) is 17.6 Å². The van der Waals surface area contributed by atoms with E-state index in [1.807, 2.05) is 44.2 Å². The average Bonchev–Trinajstić information content (AvgIpc) is 3.20. The summed E-state index contributed by atoms with van der Waals surface area (Å²) in [4.78, 5) is 23.9. The molecule has 0 bridgehead atoms. The molecule has 154 valence electrons. The van der Waals surface area contributed by atoms with E-state index in [1.165, 1.54) is 19.2 Å². The highest BCUT2D eigenvalue weighted by Crippen LogP contribution is 2.44. The number of hydrogen-bond acceptors (Lipinski definition) is 4. The van der Waals surface area contributed by atoms with Crippen LogP contribution in [0.1, 0.15) is 37.0 Å². The van der Waals surface area contributed by atoms with Crippen LogP contribution in [0.3, 0.4) is 0 Å². The maximum Gasteiger partial charge on any atom is 0.305 e. The third kappa shape index (κ3) is 3.61. The van der Waals surface area contributed by atoms with Gasteiger partial charge in [-0.1, -0.05) is 24.3 Å². The van der Waals surface area contributed by atoms with Crippen molar-refractivity contribution in [1.29, 1.82) is 0 Å². The number of carbonyl (C=O) groups is 2. The molecular formula is C24H22FNO4. The van der Waals surface area contributed by atoms with Crippen molar-refractivity contribution in [3.63, 3.8) is 0 Å². The number of amides is 1. The van der Waals surface area contributed by atoms with E-state index in [0.717, 1.165) is 16.7 Å². The molecule has 0 atom stereocenters. The number of carbonyl (C=O) groups excluding carboxylic acids is 2. The number of halogens is 1. The number of methoxy groups -OCH3 is 1. The third-order valence-corrected chi connectivity index (χ3v) is 5.37. The second-order valence-electron chi connectivity index (χ2n) is 7.83. The highest BCUT2D eigenvalue weighted by atomic mass is 19.1. The van der Waals surface area contributed by atoms with E-state index in [1.54, 1.807) is 6.07 Å². The van der Waals surface area contributed by atoms with E-state index in [4.69, 9.17) is 4.74 Å². The molecule has 4 rings (SSSR count). The lowest BCUT2D eigenvalue weighted by Crippen LogP contribution is -2.21. The van der Waals surface area contributed by atoms with Gasteiger partial charge in [0.2, 0.25) is 0 Å². The van der Waals surface area contributed by atoms with E-state index < -0.39 is 11.4 Å². The minimum Gasteiger partial charge on any atom is -0.482 e. The Kier molecular flexibility index (Phi) is 4.94. The lowest BCUT2D eigenvalue weighted by atomic mass is 9.91. The summed E-state index contributed by atoms with van der Waals surface area (Å²) in [6, 6.07) is 12.1. The summed E-state index contributed by atoms with van der Waals surface area (Å²) in [6.45, 7) is 3.88. The van der Waals surface area contributed by atoms with Crippen molar-refractivity contribution >= 4 is 28.7 Å². The summed E-state index contributed by atoms with van der Waals surface area (Å²) in [5, 5.41) is 2.70. The first-order chi connectivity index (χ1) is 14.3. The number of fused-ring (bicyclic) bond motifs is 1. The van der Waals surface area contributed by atoms with Crippen LogP contribution in [0.2, 0.25) is 0 Å². The average molecular weight is 407 g/mol. The standard InChI is InChI=1S/C24H22FNO4/c1-24(2)18(15-7-4-14(5-8-15)6-11-21(27)29-3)13-20(30-24)22-17-10-9-16(25)12-19(17)26-23(22)28/h4-5,7-10,12-13H,6,11H2,1-3H3,(H,26,28)/b22-20+. The van der Waals surface area contributed by atoms with Gasteiger partial charge in [-0.2, -0.15) is 0 Å². The van der Waals surface area contributed by atoms with Crippen LogP contribution in [0, 0.1) is 5.82 Å². The van der Waals surface area contributed by atoms with Crippen molar-refractivity contribution in [3.8, 4) is 0 Å². The summed E-state index contributed by atoms with van der Waals surface area (Å²) in [6.07, 6.45) is 2.81. The Hall–Kier alpha value is -3.41. The van der Waals surface area contributed by atoms with Crippen molar-refractivity contribution in [2.45, 2.75) is 32.3 Å². The van der Waals surface area contributed by atoms with Crippen LogP contribution in [-0.4, -0.2) is 24.6 Å². The molecule has 6 heteroatoms. The van der Waals surface area contributed by atoms with Gasteiger partial charge in [0.05, 0.1) is 18.4 Å².